The Balaban J connectivity index is 1.69. The Morgan fingerprint density at radius 1 is 1.00 bits per heavy atom. The normalized spacial score (nSPS) is 23.2. The van der Waals surface area contributed by atoms with Crippen LogP contribution in [0.5, 0.6) is 0 Å². The summed E-state index contributed by atoms with van der Waals surface area (Å²) >= 11 is 3.58. The fourth-order valence-electron chi connectivity index (χ4n) is 2.41. The van der Waals surface area contributed by atoms with Crippen LogP contribution in [-0.2, 0) is 4.74 Å². The fraction of sp³-hybridized carbons (Fsp3) is 0.250. The van der Waals surface area contributed by atoms with Crippen molar-refractivity contribution in [2.45, 2.75) is 12.1 Å². The van der Waals surface area contributed by atoms with Crippen molar-refractivity contribution >= 4 is 15.9 Å². The zero-order valence-electron chi connectivity index (χ0n) is 10.6. The highest BCUT2D eigenvalue weighted by atomic mass is 79.9. The van der Waals surface area contributed by atoms with E-state index in [4.69, 9.17) is 4.74 Å². The zero-order valence-corrected chi connectivity index (χ0v) is 12.1. The summed E-state index contributed by atoms with van der Waals surface area (Å²) < 4.78 is 7.13. The van der Waals surface area contributed by atoms with Crippen LogP contribution in [0.4, 0.5) is 0 Å². The average Bonchev–Trinajstić information content (AvgIpc) is 2.49. The lowest BCUT2D eigenvalue weighted by molar-refractivity contribution is 0.00199. The molecule has 2 atom stereocenters. The van der Waals surface area contributed by atoms with Crippen LogP contribution < -0.4 is 5.32 Å². The maximum atomic E-state index is 6.02. The fourth-order valence-corrected chi connectivity index (χ4v) is 2.96. The molecule has 0 saturated carbocycles. The predicted octanol–water partition coefficient (Wildman–Crippen LogP) is 3.85. The third-order valence-electron chi connectivity index (χ3n) is 3.47. The van der Waals surface area contributed by atoms with Crippen molar-refractivity contribution < 1.29 is 4.74 Å². The SMILES string of the molecule is Brc1ccccc1C1CNC(c2ccccc2)CO1. The number of nitrogens with one attached hydrogen (secondary N) is 1. The van der Waals surface area contributed by atoms with E-state index in [1.165, 1.54) is 11.1 Å². The molecule has 1 saturated heterocycles. The summed E-state index contributed by atoms with van der Waals surface area (Å²) in [5, 5.41) is 3.57. The molecule has 2 aromatic rings. The molecule has 2 aromatic carbocycles. The molecule has 2 nitrogen and oxygen atoms in total. The average molecular weight is 318 g/mol. The van der Waals surface area contributed by atoms with Gasteiger partial charge < -0.3 is 10.1 Å². The minimum Gasteiger partial charge on any atom is -0.370 e. The van der Waals surface area contributed by atoms with E-state index in [9.17, 15) is 0 Å². The molecular weight excluding hydrogens is 302 g/mol. The van der Waals surface area contributed by atoms with Gasteiger partial charge in [0.2, 0.25) is 0 Å². The van der Waals surface area contributed by atoms with Crippen molar-refractivity contribution in [3.8, 4) is 0 Å². The molecule has 0 amide bonds. The minimum absolute atomic E-state index is 0.121. The monoisotopic (exact) mass is 317 g/mol. The van der Waals surface area contributed by atoms with Gasteiger partial charge in [-0.25, -0.2) is 0 Å². The highest BCUT2D eigenvalue weighted by molar-refractivity contribution is 9.10. The number of morpholine rings is 1. The summed E-state index contributed by atoms with van der Waals surface area (Å²) in [7, 11) is 0. The van der Waals surface area contributed by atoms with Gasteiger partial charge in [-0.05, 0) is 17.2 Å². The van der Waals surface area contributed by atoms with Gasteiger partial charge in [0.1, 0.15) is 0 Å². The van der Waals surface area contributed by atoms with Crippen LogP contribution in [0.25, 0.3) is 0 Å². The van der Waals surface area contributed by atoms with Crippen LogP contribution in [0.3, 0.4) is 0 Å². The van der Waals surface area contributed by atoms with Gasteiger partial charge in [-0.15, -0.1) is 0 Å². The van der Waals surface area contributed by atoms with E-state index < -0.39 is 0 Å². The molecule has 1 aliphatic heterocycles. The summed E-state index contributed by atoms with van der Waals surface area (Å²) in [5.41, 5.74) is 2.49. The van der Waals surface area contributed by atoms with Crippen molar-refractivity contribution in [1.82, 2.24) is 5.32 Å². The van der Waals surface area contributed by atoms with Crippen LogP contribution in [0.2, 0.25) is 0 Å². The standard InChI is InChI=1S/C16H16BrNO/c17-14-9-5-4-8-13(14)16-10-18-15(11-19-16)12-6-2-1-3-7-12/h1-9,15-16,18H,10-11H2. The Bertz CT molecular complexity index is 535. The summed E-state index contributed by atoms with van der Waals surface area (Å²) in [5.74, 6) is 0. The lowest BCUT2D eigenvalue weighted by Crippen LogP contribution is -2.36. The first kappa shape index (κ1) is 12.9. The number of rotatable bonds is 2. The van der Waals surface area contributed by atoms with Crippen molar-refractivity contribution in [1.29, 1.82) is 0 Å². The number of halogens is 1. The first-order valence-electron chi connectivity index (χ1n) is 6.49. The topological polar surface area (TPSA) is 21.3 Å². The molecular formula is C16H16BrNO. The van der Waals surface area contributed by atoms with Gasteiger partial charge in [0.05, 0.1) is 18.8 Å². The van der Waals surface area contributed by atoms with Crippen LogP contribution in [-0.4, -0.2) is 13.2 Å². The van der Waals surface area contributed by atoms with Crippen molar-refractivity contribution in [2.24, 2.45) is 0 Å². The van der Waals surface area contributed by atoms with E-state index in [0.717, 1.165) is 11.0 Å². The molecule has 1 aliphatic rings. The predicted molar refractivity (Wildman–Crippen MR) is 80.0 cm³/mol. The minimum atomic E-state index is 0.121. The number of ether oxygens (including phenoxy) is 1. The molecule has 3 rings (SSSR count). The lowest BCUT2D eigenvalue weighted by atomic mass is 10.0. The Kier molecular flexibility index (Phi) is 3.97. The number of benzene rings is 2. The summed E-state index contributed by atoms with van der Waals surface area (Å²) in [6.45, 7) is 1.54. The smallest absolute Gasteiger partial charge is 0.0961 e. The van der Waals surface area contributed by atoms with E-state index in [0.29, 0.717) is 12.6 Å². The van der Waals surface area contributed by atoms with Gasteiger partial charge in [-0.2, -0.15) is 0 Å². The quantitative estimate of drug-likeness (QED) is 0.908. The molecule has 3 heteroatoms. The lowest BCUT2D eigenvalue weighted by Gasteiger charge is -2.31. The van der Waals surface area contributed by atoms with Crippen molar-refractivity contribution in [2.75, 3.05) is 13.2 Å². The van der Waals surface area contributed by atoms with Crippen molar-refractivity contribution in [3.63, 3.8) is 0 Å². The van der Waals surface area contributed by atoms with E-state index in [-0.39, 0.29) is 6.10 Å². The largest absolute Gasteiger partial charge is 0.370 e. The van der Waals surface area contributed by atoms with Crippen LogP contribution in [0.1, 0.15) is 23.3 Å². The van der Waals surface area contributed by atoms with Gasteiger partial charge in [0, 0.05) is 11.0 Å². The molecule has 1 heterocycles. The molecule has 0 bridgehead atoms. The molecule has 19 heavy (non-hydrogen) atoms. The Morgan fingerprint density at radius 2 is 1.74 bits per heavy atom. The van der Waals surface area contributed by atoms with Gasteiger partial charge >= 0.3 is 0 Å². The molecule has 2 unspecified atom stereocenters. The molecule has 1 fully saturated rings. The van der Waals surface area contributed by atoms with E-state index in [1.54, 1.807) is 0 Å². The van der Waals surface area contributed by atoms with E-state index in [1.807, 2.05) is 18.2 Å². The molecule has 0 aromatic heterocycles. The highest BCUT2D eigenvalue weighted by Crippen LogP contribution is 2.29. The van der Waals surface area contributed by atoms with Crippen LogP contribution in [0.15, 0.2) is 59.1 Å². The zero-order chi connectivity index (χ0) is 13.1. The summed E-state index contributed by atoms with van der Waals surface area (Å²) in [6.07, 6.45) is 0.121. The molecule has 1 N–H and O–H groups in total. The second kappa shape index (κ2) is 5.87. The van der Waals surface area contributed by atoms with Crippen LogP contribution >= 0.6 is 15.9 Å². The number of hydrogen-bond donors (Lipinski definition) is 1. The maximum Gasteiger partial charge on any atom is 0.0961 e. The summed E-state index contributed by atoms with van der Waals surface area (Å²) in [6, 6.07) is 19.0. The van der Waals surface area contributed by atoms with Crippen molar-refractivity contribution in [3.05, 3.63) is 70.2 Å². The van der Waals surface area contributed by atoms with Gasteiger partial charge in [0.25, 0.3) is 0 Å². The maximum absolute atomic E-state index is 6.02. The second-order valence-electron chi connectivity index (χ2n) is 4.72. The third-order valence-corrected chi connectivity index (χ3v) is 4.19. The second-order valence-corrected chi connectivity index (χ2v) is 5.57. The molecule has 98 valence electrons. The van der Waals surface area contributed by atoms with E-state index >= 15 is 0 Å². The molecule has 0 aliphatic carbocycles. The summed E-state index contributed by atoms with van der Waals surface area (Å²) in [4.78, 5) is 0. The molecule has 0 spiro atoms. The molecule has 0 radical (unpaired) electrons. The third kappa shape index (κ3) is 2.89. The number of hydrogen-bond acceptors (Lipinski definition) is 2. The van der Waals surface area contributed by atoms with Crippen LogP contribution in [0, 0.1) is 0 Å². The Morgan fingerprint density at radius 3 is 2.42 bits per heavy atom. The van der Waals surface area contributed by atoms with Gasteiger partial charge in [-0.3, -0.25) is 0 Å². The Hall–Kier alpha value is -1.16. The van der Waals surface area contributed by atoms with E-state index in [2.05, 4.69) is 57.6 Å². The first-order chi connectivity index (χ1) is 9.34. The first-order valence-corrected chi connectivity index (χ1v) is 7.28. The Labute approximate surface area is 121 Å². The van der Waals surface area contributed by atoms with Gasteiger partial charge in [0.15, 0.2) is 0 Å². The highest BCUT2D eigenvalue weighted by Gasteiger charge is 2.24. The van der Waals surface area contributed by atoms with Gasteiger partial charge in [-0.1, -0.05) is 64.5 Å².